The summed E-state index contributed by atoms with van der Waals surface area (Å²) in [4.78, 5) is 11.7. The lowest BCUT2D eigenvalue weighted by Crippen LogP contribution is -2.30. The number of amides is 1. The number of anilines is 1. The number of nitrogens with zero attached hydrogens (tertiary/aromatic N) is 1. The second-order valence-corrected chi connectivity index (χ2v) is 6.29. The molecule has 1 aromatic carbocycles. The molecule has 110 valence electrons. The van der Waals surface area contributed by atoms with E-state index in [0.717, 1.165) is 12.7 Å². The molecule has 6 heteroatoms. The van der Waals surface area contributed by atoms with Crippen LogP contribution in [0.25, 0.3) is 0 Å². The van der Waals surface area contributed by atoms with Gasteiger partial charge in [0.1, 0.15) is 0 Å². The Bertz CT molecular complexity index is 565. The van der Waals surface area contributed by atoms with Gasteiger partial charge in [-0.25, -0.2) is 8.42 Å². The third-order valence-electron chi connectivity index (χ3n) is 2.65. The van der Waals surface area contributed by atoms with Crippen LogP contribution >= 0.6 is 0 Å². The van der Waals surface area contributed by atoms with Crippen LogP contribution in [0.3, 0.4) is 0 Å². The van der Waals surface area contributed by atoms with Gasteiger partial charge >= 0.3 is 0 Å². The fourth-order valence-corrected chi connectivity index (χ4v) is 2.55. The van der Waals surface area contributed by atoms with E-state index in [1.165, 1.54) is 10.4 Å². The molecule has 0 radical (unpaired) electrons. The largest absolute Gasteiger partial charge is 0.352 e. The summed E-state index contributed by atoms with van der Waals surface area (Å²) in [6.45, 7) is 6.34. The van der Waals surface area contributed by atoms with Crippen LogP contribution in [0.4, 0.5) is 5.69 Å². The average Bonchev–Trinajstić information content (AvgIpc) is 2.41. The second kappa shape index (κ2) is 7.09. The quantitative estimate of drug-likeness (QED) is 0.780. The molecule has 0 aromatic heterocycles. The number of rotatable bonds is 7. The predicted octanol–water partition coefficient (Wildman–Crippen LogP) is 1.78. The molecule has 0 saturated heterocycles. The molecular formula is C14H20N2O3S. The molecule has 0 spiro atoms. The summed E-state index contributed by atoms with van der Waals surface area (Å²) in [7, 11) is -3.37. The number of carbonyl (C=O) groups excluding carboxylic acids is 1. The number of carbonyl (C=O) groups is 1. The van der Waals surface area contributed by atoms with Gasteiger partial charge in [0.2, 0.25) is 10.0 Å². The van der Waals surface area contributed by atoms with Crippen molar-refractivity contribution in [2.45, 2.75) is 13.3 Å². The van der Waals surface area contributed by atoms with E-state index in [1.807, 2.05) is 6.92 Å². The molecule has 0 atom stereocenters. The van der Waals surface area contributed by atoms with Gasteiger partial charge in [0.15, 0.2) is 0 Å². The van der Waals surface area contributed by atoms with E-state index in [4.69, 9.17) is 0 Å². The second-order valence-electron chi connectivity index (χ2n) is 4.39. The Hall–Kier alpha value is -1.82. The number of hydrogen-bond donors (Lipinski definition) is 1. The molecule has 20 heavy (non-hydrogen) atoms. The molecular weight excluding hydrogens is 276 g/mol. The van der Waals surface area contributed by atoms with Crippen molar-refractivity contribution in [2.75, 3.05) is 23.7 Å². The van der Waals surface area contributed by atoms with Crippen molar-refractivity contribution in [2.24, 2.45) is 0 Å². The lowest BCUT2D eigenvalue weighted by Gasteiger charge is -2.20. The minimum Gasteiger partial charge on any atom is -0.352 e. The van der Waals surface area contributed by atoms with Gasteiger partial charge in [-0.15, -0.1) is 6.58 Å². The molecule has 0 fully saturated rings. The van der Waals surface area contributed by atoms with Gasteiger partial charge in [0.25, 0.3) is 5.91 Å². The van der Waals surface area contributed by atoms with Crippen molar-refractivity contribution in [3.63, 3.8) is 0 Å². The topological polar surface area (TPSA) is 66.5 Å². The first-order valence-electron chi connectivity index (χ1n) is 6.37. The number of nitrogens with one attached hydrogen (secondary N) is 1. The maximum Gasteiger partial charge on any atom is 0.251 e. The lowest BCUT2D eigenvalue weighted by molar-refractivity contribution is 0.0953. The molecule has 0 saturated carbocycles. The SMILES string of the molecule is C=CCN(c1ccc(C(=O)NCCC)cc1)S(C)(=O)=O. The van der Waals surface area contributed by atoms with Crippen molar-refractivity contribution in [1.82, 2.24) is 5.32 Å². The van der Waals surface area contributed by atoms with Crippen LogP contribution in [-0.4, -0.2) is 33.7 Å². The predicted molar refractivity (Wildman–Crippen MR) is 81.5 cm³/mol. The molecule has 1 N–H and O–H groups in total. The summed E-state index contributed by atoms with van der Waals surface area (Å²) in [5.41, 5.74) is 1.02. The van der Waals surface area contributed by atoms with Gasteiger partial charge in [-0.1, -0.05) is 13.0 Å². The highest BCUT2D eigenvalue weighted by molar-refractivity contribution is 7.92. The zero-order valence-electron chi connectivity index (χ0n) is 11.8. The van der Waals surface area contributed by atoms with Gasteiger partial charge in [0, 0.05) is 12.1 Å². The van der Waals surface area contributed by atoms with Gasteiger partial charge in [0.05, 0.1) is 18.5 Å². The van der Waals surface area contributed by atoms with Crippen molar-refractivity contribution < 1.29 is 13.2 Å². The first-order chi connectivity index (χ1) is 9.40. The molecule has 1 aromatic rings. The van der Waals surface area contributed by atoms with Crippen molar-refractivity contribution >= 4 is 21.6 Å². The highest BCUT2D eigenvalue weighted by atomic mass is 32.2. The van der Waals surface area contributed by atoms with Gasteiger partial charge < -0.3 is 5.32 Å². The Morgan fingerprint density at radius 3 is 2.40 bits per heavy atom. The highest BCUT2D eigenvalue weighted by Crippen LogP contribution is 2.18. The molecule has 0 unspecified atom stereocenters. The van der Waals surface area contributed by atoms with Crippen molar-refractivity contribution in [3.05, 3.63) is 42.5 Å². The molecule has 0 bridgehead atoms. The molecule has 0 aliphatic heterocycles. The highest BCUT2D eigenvalue weighted by Gasteiger charge is 2.16. The number of sulfonamides is 1. The Kier molecular flexibility index (Phi) is 5.76. The smallest absolute Gasteiger partial charge is 0.251 e. The molecule has 1 amide bonds. The molecule has 1 rings (SSSR count). The third kappa shape index (κ3) is 4.38. The van der Waals surface area contributed by atoms with E-state index >= 15 is 0 Å². The zero-order valence-corrected chi connectivity index (χ0v) is 12.6. The van der Waals surface area contributed by atoms with Gasteiger partial charge in [-0.3, -0.25) is 9.10 Å². The van der Waals surface area contributed by atoms with Crippen LogP contribution in [-0.2, 0) is 10.0 Å². The third-order valence-corrected chi connectivity index (χ3v) is 3.81. The summed E-state index contributed by atoms with van der Waals surface area (Å²) in [5, 5.41) is 2.77. The normalized spacial score (nSPS) is 10.9. The first-order valence-corrected chi connectivity index (χ1v) is 8.21. The van der Waals surface area contributed by atoms with Crippen molar-refractivity contribution in [3.8, 4) is 0 Å². The Labute approximate surface area is 120 Å². The lowest BCUT2D eigenvalue weighted by atomic mass is 10.2. The minimum absolute atomic E-state index is 0.159. The average molecular weight is 296 g/mol. The maximum absolute atomic E-state index is 11.7. The van der Waals surface area contributed by atoms with Crippen LogP contribution < -0.4 is 9.62 Å². The minimum atomic E-state index is -3.37. The van der Waals surface area contributed by atoms with Crippen LogP contribution in [0.5, 0.6) is 0 Å². The summed E-state index contributed by atoms with van der Waals surface area (Å²) in [5.74, 6) is -0.159. The number of hydrogen-bond acceptors (Lipinski definition) is 3. The standard InChI is InChI=1S/C14H20N2O3S/c1-4-10-15-14(17)12-6-8-13(9-7-12)16(11-5-2)20(3,18)19/h5-9H,2,4,10-11H2,1,3H3,(H,15,17). The maximum atomic E-state index is 11.7. The van der Waals surface area contributed by atoms with E-state index in [1.54, 1.807) is 24.3 Å². The molecule has 0 aliphatic carbocycles. The van der Waals surface area contributed by atoms with Crippen LogP contribution in [0.1, 0.15) is 23.7 Å². The van der Waals surface area contributed by atoms with Crippen LogP contribution in [0.2, 0.25) is 0 Å². The van der Waals surface area contributed by atoms with E-state index in [0.29, 0.717) is 17.8 Å². The van der Waals surface area contributed by atoms with Gasteiger partial charge in [-0.2, -0.15) is 0 Å². The first kappa shape index (κ1) is 16.2. The van der Waals surface area contributed by atoms with E-state index in [2.05, 4.69) is 11.9 Å². The van der Waals surface area contributed by atoms with E-state index in [9.17, 15) is 13.2 Å². The van der Waals surface area contributed by atoms with Crippen LogP contribution in [0, 0.1) is 0 Å². The fraction of sp³-hybridized carbons (Fsp3) is 0.357. The molecule has 0 aliphatic rings. The van der Waals surface area contributed by atoms with E-state index in [-0.39, 0.29) is 12.5 Å². The Morgan fingerprint density at radius 1 is 1.35 bits per heavy atom. The Balaban J connectivity index is 2.94. The van der Waals surface area contributed by atoms with Gasteiger partial charge in [-0.05, 0) is 30.7 Å². The summed E-state index contributed by atoms with van der Waals surface area (Å²) < 4.78 is 24.6. The molecule has 5 nitrogen and oxygen atoms in total. The Morgan fingerprint density at radius 2 is 1.95 bits per heavy atom. The summed E-state index contributed by atoms with van der Waals surface area (Å²) in [6, 6.07) is 6.46. The summed E-state index contributed by atoms with van der Waals surface area (Å²) >= 11 is 0. The summed E-state index contributed by atoms with van der Waals surface area (Å²) in [6.07, 6.45) is 3.52. The zero-order chi connectivity index (χ0) is 15.2. The van der Waals surface area contributed by atoms with Crippen LogP contribution in [0.15, 0.2) is 36.9 Å². The monoisotopic (exact) mass is 296 g/mol. The van der Waals surface area contributed by atoms with Crippen molar-refractivity contribution in [1.29, 1.82) is 0 Å². The fourth-order valence-electron chi connectivity index (χ4n) is 1.67. The molecule has 0 heterocycles. The van der Waals surface area contributed by atoms with E-state index < -0.39 is 10.0 Å². The number of benzene rings is 1.